The highest BCUT2D eigenvalue weighted by molar-refractivity contribution is 7.89. The van der Waals surface area contributed by atoms with Gasteiger partial charge >= 0.3 is 0 Å². The Morgan fingerprint density at radius 3 is 2.47 bits per heavy atom. The molecule has 7 nitrogen and oxygen atoms in total. The minimum absolute atomic E-state index is 0.0294. The average molecular weight is 468 g/mol. The summed E-state index contributed by atoms with van der Waals surface area (Å²) in [7, 11) is -3.79. The van der Waals surface area contributed by atoms with Gasteiger partial charge in [0.15, 0.2) is 6.61 Å². The van der Waals surface area contributed by atoms with Crippen LogP contribution in [0.5, 0.6) is 5.75 Å². The Bertz CT molecular complexity index is 1060. The Morgan fingerprint density at radius 1 is 1.17 bits per heavy atom. The summed E-state index contributed by atoms with van der Waals surface area (Å²) < 4.78 is 32.3. The van der Waals surface area contributed by atoms with E-state index in [1.54, 1.807) is 24.3 Å². The minimum atomic E-state index is -3.79. The molecule has 1 heterocycles. The van der Waals surface area contributed by atoms with Crippen LogP contribution in [0, 0.1) is 17.2 Å². The maximum Gasteiger partial charge on any atom is 0.244 e. The van der Waals surface area contributed by atoms with Crippen LogP contribution in [0.15, 0.2) is 47.4 Å². The number of ether oxygens (including phenoxy) is 1. The topological polar surface area (TPSA) is 99.5 Å². The second-order valence-corrected chi connectivity index (χ2v) is 9.46. The molecule has 0 aliphatic carbocycles. The van der Waals surface area contributed by atoms with E-state index >= 15 is 0 Å². The van der Waals surface area contributed by atoms with Crippen LogP contribution in [0.2, 0.25) is 10.0 Å². The third-order valence-electron chi connectivity index (χ3n) is 4.76. The molecule has 1 amide bonds. The lowest BCUT2D eigenvalue weighted by molar-refractivity contribution is -0.120. The maximum absolute atomic E-state index is 12.9. The van der Waals surface area contributed by atoms with Crippen molar-refractivity contribution in [2.45, 2.75) is 17.7 Å². The van der Waals surface area contributed by atoms with Gasteiger partial charge in [-0.1, -0.05) is 23.2 Å². The summed E-state index contributed by atoms with van der Waals surface area (Å²) in [6.07, 6.45) is 0.791. The summed E-state index contributed by atoms with van der Waals surface area (Å²) in [4.78, 5) is 12.5. The van der Waals surface area contributed by atoms with Crippen LogP contribution in [-0.4, -0.2) is 38.3 Å². The highest BCUT2D eigenvalue weighted by Gasteiger charge is 2.33. The van der Waals surface area contributed by atoms with Crippen molar-refractivity contribution in [1.82, 2.24) is 4.31 Å². The van der Waals surface area contributed by atoms with Gasteiger partial charge in [0, 0.05) is 29.7 Å². The molecule has 0 radical (unpaired) electrons. The number of nitrogens with zero attached hydrogens (tertiary/aromatic N) is 2. The molecule has 0 bridgehead atoms. The first-order valence-electron chi connectivity index (χ1n) is 9.17. The summed E-state index contributed by atoms with van der Waals surface area (Å²) >= 11 is 12.0. The molecule has 1 saturated heterocycles. The molecule has 158 valence electrons. The average Bonchev–Trinajstić information content (AvgIpc) is 2.75. The predicted octanol–water partition coefficient (Wildman–Crippen LogP) is 3.94. The number of hydrogen-bond acceptors (Lipinski definition) is 5. The third-order valence-corrected chi connectivity index (χ3v) is 7.38. The molecular formula is C20H19Cl2N3O4S. The van der Waals surface area contributed by atoms with Gasteiger partial charge in [0.25, 0.3) is 0 Å². The first-order chi connectivity index (χ1) is 14.3. The fourth-order valence-electron chi connectivity index (χ4n) is 3.17. The van der Waals surface area contributed by atoms with Crippen LogP contribution >= 0.6 is 23.2 Å². The predicted molar refractivity (Wildman–Crippen MR) is 114 cm³/mol. The van der Waals surface area contributed by atoms with Gasteiger partial charge in [-0.3, -0.25) is 4.79 Å². The lowest BCUT2D eigenvalue weighted by Gasteiger charge is -2.30. The van der Waals surface area contributed by atoms with Gasteiger partial charge in [-0.2, -0.15) is 9.57 Å². The first kappa shape index (κ1) is 22.4. The van der Waals surface area contributed by atoms with Gasteiger partial charge in [0.05, 0.1) is 5.02 Å². The fraction of sp³-hybridized carbons (Fsp3) is 0.300. The van der Waals surface area contributed by atoms with E-state index in [0.717, 1.165) is 0 Å². The van der Waals surface area contributed by atoms with Gasteiger partial charge in [0.2, 0.25) is 15.9 Å². The zero-order valence-corrected chi connectivity index (χ0v) is 18.2. The number of carbonyl (C=O) groups is 1. The highest BCUT2D eigenvalue weighted by Crippen LogP contribution is 2.30. The molecule has 1 aliphatic heterocycles. The lowest BCUT2D eigenvalue weighted by atomic mass is 9.97. The number of nitriles is 1. The number of piperidine rings is 1. The summed E-state index contributed by atoms with van der Waals surface area (Å²) in [6.45, 7) is 0.377. The summed E-state index contributed by atoms with van der Waals surface area (Å²) in [6, 6.07) is 12.9. The van der Waals surface area contributed by atoms with Crippen LogP contribution in [0.1, 0.15) is 12.8 Å². The van der Waals surface area contributed by atoms with E-state index in [0.29, 0.717) is 24.3 Å². The monoisotopic (exact) mass is 467 g/mol. The molecule has 1 aliphatic rings. The second-order valence-electron chi connectivity index (χ2n) is 6.71. The third kappa shape index (κ3) is 5.24. The molecule has 30 heavy (non-hydrogen) atoms. The molecule has 1 N–H and O–H groups in total. The standard InChI is InChI=1S/C20H19Cl2N3O4S/c21-15-1-6-18(22)19(13-15)30(27,28)25-10-7-14(8-11-25)20(26)24-16-2-4-17(5-3-16)29-12-9-23/h1-6,13-14H,7-8,10-12H2,(H,24,26). The van der Waals surface area contributed by atoms with E-state index in [2.05, 4.69) is 5.32 Å². The Kier molecular flexibility index (Phi) is 7.21. The van der Waals surface area contributed by atoms with E-state index < -0.39 is 10.0 Å². The molecule has 2 aromatic carbocycles. The van der Waals surface area contributed by atoms with Gasteiger partial charge in [-0.25, -0.2) is 8.42 Å². The van der Waals surface area contributed by atoms with E-state index in [1.165, 1.54) is 22.5 Å². The molecule has 0 aromatic heterocycles. The van der Waals surface area contributed by atoms with Crippen molar-refractivity contribution in [2.24, 2.45) is 5.92 Å². The van der Waals surface area contributed by atoms with Gasteiger partial charge in [-0.15, -0.1) is 0 Å². The van der Waals surface area contributed by atoms with Crippen molar-refractivity contribution in [3.63, 3.8) is 0 Å². The normalized spacial score (nSPS) is 15.4. The number of anilines is 1. The van der Waals surface area contributed by atoms with Crippen molar-refractivity contribution >= 4 is 44.8 Å². The Labute approximate surface area is 185 Å². The molecular weight excluding hydrogens is 449 g/mol. The smallest absolute Gasteiger partial charge is 0.244 e. The summed E-state index contributed by atoms with van der Waals surface area (Å²) in [5.74, 6) is 0.0621. The van der Waals surface area contributed by atoms with Crippen LogP contribution in [0.4, 0.5) is 5.69 Å². The molecule has 2 aromatic rings. The van der Waals surface area contributed by atoms with Crippen LogP contribution in [0.25, 0.3) is 0 Å². The quantitative estimate of drug-likeness (QED) is 0.693. The van der Waals surface area contributed by atoms with Crippen LogP contribution in [0.3, 0.4) is 0 Å². The molecule has 0 saturated carbocycles. The van der Waals surface area contributed by atoms with E-state index in [4.69, 9.17) is 33.2 Å². The largest absolute Gasteiger partial charge is 0.479 e. The number of hydrogen-bond donors (Lipinski definition) is 1. The maximum atomic E-state index is 12.9. The molecule has 0 atom stereocenters. The number of carbonyl (C=O) groups excluding carboxylic acids is 1. The highest BCUT2D eigenvalue weighted by atomic mass is 35.5. The summed E-state index contributed by atoms with van der Waals surface area (Å²) in [5.41, 5.74) is 0.602. The molecule has 3 rings (SSSR count). The summed E-state index contributed by atoms with van der Waals surface area (Å²) in [5, 5.41) is 11.8. The zero-order chi connectivity index (χ0) is 21.7. The van der Waals surface area contributed by atoms with Crippen molar-refractivity contribution in [3.05, 3.63) is 52.5 Å². The molecule has 10 heteroatoms. The number of rotatable bonds is 6. The minimum Gasteiger partial charge on any atom is -0.479 e. The number of sulfonamides is 1. The van der Waals surface area contributed by atoms with E-state index in [-0.39, 0.29) is 46.5 Å². The van der Waals surface area contributed by atoms with Gasteiger partial charge in [0.1, 0.15) is 16.7 Å². The van der Waals surface area contributed by atoms with Crippen molar-refractivity contribution in [1.29, 1.82) is 5.26 Å². The van der Waals surface area contributed by atoms with Crippen LogP contribution in [-0.2, 0) is 14.8 Å². The van der Waals surface area contributed by atoms with Crippen molar-refractivity contribution < 1.29 is 17.9 Å². The SMILES string of the molecule is N#CCOc1ccc(NC(=O)C2CCN(S(=O)(=O)c3cc(Cl)ccc3Cl)CC2)cc1. The lowest BCUT2D eigenvalue weighted by Crippen LogP contribution is -2.41. The first-order valence-corrected chi connectivity index (χ1v) is 11.4. The molecule has 0 unspecified atom stereocenters. The number of halogens is 2. The van der Waals surface area contributed by atoms with E-state index in [9.17, 15) is 13.2 Å². The second kappa shape index (κ2) is 9.67. The number of amides is 1. The van der Waals surface area contributed by atoms with Crippen molar-refractivity contribution in [3.8, 4) is 11.8 Å². The van der Waals surface area contributed by atoms with E-state index in [1.807, 2.05) is 6.07 Å². The fourth-order valence-corrected chi connectivity index (χ4v) is 5.37. The van der Waals surface area contributed by atoms with Gasteiger partial charge in [-0.05, 0) is 55.3 Å². The Hall–Kier alpha value is -2.31. The zero-order valence-electron chi connectivity index (χ0n) is 15.8. The van der Waals surface area contributed by atoms with Gasteiger partial charge < -0.3 is 10.1 Å². The Balaban J connectivity index is 1.59. The molecule has 0 spiro atoms. The van der Waals surface area contributed by atoms with Crippen molar-refractivity contribution in [2.75, 3.05) is 25.0 Å². The number of nitrogens with one attached hydrogen (secondary N) is 1. The van der Waals surface area contributed by atoms with Crippen LogP contribution < -0.4 is 10.1 Å². The molecule has 1 fully saturated rings. The number of benzene rings is 2. The Morgan fingerprint density at radius 2 is 1.83 bits per heavy atom.